The van der Waals surface area contributed by atoms with Crippen molar-refractivity contribution in [2.75, 3.05) is 7.05 Å². The molecule has 2 aromatic rings. The third-order valence-corrected chi connectivity index (χ3v) is 3.78. The Bertz CT molecular complexity index is 551. The van der Waals surface area contributed by atoms with E-state index in [0.717, 1.165) is 29.8 Å². The molecule has 0 saturated heterocycles. The average Bonchev–Trinajstić information content (AvgIpc) is 2.53. The maximum Gasteiger partial charge on any atom is 0.130 e. The second kappa shape index (κ2) is 7.79. The predicted molar refractivity (Wildman–Crippen MR) is 86.6 cm³/mol. The van der Waals surface area contributed by atoms with E-state index in [2.05, 4.69) is 42.3 Å². The van der Waals surface area contributed by atoms with Crippen LogP contribution in [0.5, 0.6) is 5.75 Å². The molecule has 1 N–H and O–H groups in total. The molecule has 1 aromatic carbocycles. The SMILES string of the molecule is CNC(C)CCc1ccc(OCc2ncccc2C)cc1. The number of aromatic nitrogens is 1. The maximum absolute atomic E-state index is 5.80. The standard InChI is InChI=1S/C18H24N2O/c1-14-5-4-12-20-18(14)13-21-17-10-8-16(9-11-17)7-6-15(2)19-3/h4-5,8-12,15,19H,6-7,13H2,1-3H3. The second-order valence-electron chi connectivity index (χ2n) is 5.43. The number of benzene rings is 1. The molecule has 1 atom stereocenters. The van der Waals surface area contributed by atoms with Gasteiger partial charge in [-0.25, -0.2) is 0 Å². The lowest BCUT2D eigenvalue weighted by Gasteiger charge is -2.11. The molecular formula is C18H24N2O. The Labute approximate surface area is 127 Å². The third kappa shape index (κ3) is 4.87. The molecule has 0 aliphatic rings. The fraction of sp³-hybridized carbons (Fsp3) is 0.389. The van der Waals surface area contributed by atoms with Gasteiger partial charge in [-0.2, -0.15) is 0 Å². The van der Waals surface area contributed by atoms with Crippen molar-refractivity contribution in [3.05, 3.63) is 59.4 Å². The van der Waals surface area contributed by atoms with E-state index in [1.807, 2.05) is 25.2 Å². The number of ether oxygens (including phenoxy) is 1. The molecule has 1 heterocycles. The van der Waals surface area contributed by atoms with Crippen LogP contribution in [0.2, 0.25) is 0 Å². The fourth-order valence-corrected chi connectivity index (χ4v) is 2.10. The lowest BCUT2D eigenvalue weighted by Crippen LogP contribution is -2.21. The number of rotatable bonds is 7. The molecule has 0 aliphatic heterocycles. The van der Waals surface area contributed by atoms with Crippen molar-refractivity contribution in [1.29, 1.82) is 0 Å². The minimum Gasteiger partial charge on any atom is -0.487 e. The van der Waals surface area contributed by atoms with Crippen LogP contribution in [-0.4, -0.2) is 18.1 Å². The molecule has 0 aliphatic carbocycles. The number of pyridine rings is 1. The van der Waals surface area contributed by atoms with Crippen LogP contribution in [0.25, 0.3) is 0 Å². The summed E-state index contributed by atoms with van der Waals surface area (Å²) >= 11 is 0. The predicted octanol–water partition coefficient (Wildman–Crippen LogP) is 3.51. The van der Waals surface area contributed by atoms with Crippen molar-refractivity contribution >= 4 is 0 Å². The molecule has 21 heavy (non-hydrogen) atoms. The number of hydrogen-bond donors (Lipinski definition) is 1. The van der Waals surface area contributed by atoms with E-state index in [1.54, 1.807) is 6.20 Å². The summed E-state index contributed by atoms with van der Waals surface area (Å²) in [6.07, 6.45) is 4.03. The van der Waals surface area contributed by atoms with Gasteiger partial charge in [0, 0.05) is 12.2 Å². The summed E-state index contributed by atoms with van der Waals surface area (Å²) in [5.41, 5.74) is 3.50. The third-order valence-electron chi connectivity index (χ3n) is 3.78. The Hall–Kier alpha value is -1.87. The molecule has 112 valence electrons. The van der Waals surface area contributed by atoms with Crippen LogP contribution < -0.4 is 10.1 Å². The Morgan fingerprint density at radius 1 is 1.19 bits per heavy atom. The van der Waals surface area contributed by atoms with Gasteiger partial charge in [-0.15, -0.1) is 0 Å². The van der Waals surface area contributed by atoms with E-state index in [1.165, 1.54) is 5.56 Å². The molecule has 0 amide bonds. The van der Waals surface area contributed by atoms with E-state index in [9.17, 15) is 0 Å². The van der Waals surface area contributed by atoms with Crippen molar-refractivity contribution in [3.63, 3.8) is 0 Å². The van der Waals surface area contributed by atoms with E-state index >= 15 is 0 Å². The van der Waals surface area contributed by atoms with Crippen molar-refractivity contribution in [3.8, 4) is 5.75 Å². The molecule has 1 aromatic heterocycles. The Kier molecular flexibility index (Phi) is 5.76. The van der Waals surface area contributed by atoms with Gasteiger partial charge in [0.25, 0.3) is 0 Å². The molecule has 0 spiro atoms. The lowest BCUT2D eigenvalue weighted by atomic mass is 10.1. The highest BCUT2D eigenvalue weighted by Gasteiger charge is 2.02. The normalized spacial score (nSPS) is 12.1. The zero-order valence-corrected chi connectivity index (χ0v) is 13.1. The first-order valence-corrected chi connectivity index (χ1v) is 7.48. The Morgan fingerprint density at radius 3 is 2.62 bits per heavy atom. The molecule has 0 bridgehead atoms. The van der Waals surface area contributed by atoms with Crippen molar-refractivity contribution in [1.82, 2.24) is 10.3 Å². The highest BCUT2D eigenvalue weighted by Crippen LogP contribution is 2.16. The largest absolute Gasteiger partial charge is 0.487 e. The van der Waals surface area contributed by atoms with Crippen molar-refractivity contribution in [2.24, 2.45) is 0 Å². The maximum atomic E-state index is 5.80. The van der Waals surface area contributed by atoms with Gasteiger partial charge >= 0.3 is 0 Å². The molecule has 2 rings (SSSR count). The van der Waals surface area contributed by atoms with E-state index in [4.69, 9.17) is 4.74 Å². The van der Waals surface area contributed by atoms with Gasteiger partial charge in [-0.3, -0.25) is 4.98 Å². The smallest absolute Gasteiger partial charge is 0.130 e. The van der Waals surface area contributed by atoms with Gasteiger partial charge in [-0.05, 0) is 63.1 Å². The van der Waals surface area contributed by atoms with Crippen LogP contribution in [0, 0.1) is 6.92 Å². The van der Waals surface area contributed by atoms with Gasteiger partial charge in [-0.1, -0.05) is 18.2 Å². The van der Waals surface area contributed by atoms with Crippen LogP contribution >= 0.6 is 0 Å². The number of nitrogens with one attached hydrogen (secondary N) is 1. The van der Waals surface area contributed by atoms with Gasteiger partial charge in [0.2, 0.25) is 0 Å². The summed E-state index contributed by atoms with van der Waals surface area (Å²) in [6, 6.07) is 12.9. The molecule has 0 radical (unpaired) electrons. The molecule has 0 fully saturated rings. The van der Waals surface area contributed by atoms with Gasteiger partial charge in [0.1, 0.15) is 12.4 Å². The minimum atomic E-state index is 0.517. The van der Waals surface area contributed by atoms with Gasteiger partial charge in [0.05, 0.1) is 5.69 Å². The quantitative estimate of drug-likeness (QED) is 0.845. The lowest BCUT2D eigenvalue weighted by molar-refractivity contribution is 0.300. The van der Waals surface area contributed by atoms with Crippen LogP contribution in [-0.2, 0) is 13.0 Å². The topological polar surface area (TPSA) is 34.1 Å². The summed E-state index contributed by atoms with van der Waals surface area (Å²) in [4.78, 5) is 4.34. The fourth-order valence-electron chi connectivity index (χ4n) is 2.10. The highest BCUT2D eigenvalue weighted by molar-refractivity contribution is 5.28. The van der Waals surface area contributed by atoms with Crippen molar-refractivity contribution < 1.29 is 4.74 Å². The number of hydrogen-bond acceptors (Lipinski definition) is 3. The zero-order chi connectivity index (χ0) is 15.1. The Morgan fingerprint density at radius 2 is 1.95 bits per heavy atom. The summed E-state index contributed by atoms with van der Waals surface area (Å²) in [5, 5.41) is 3.26. The second-order valence-corrected chi connectivity index (χ2v) is 5.43. The summed E-state index contributed by atoms with van der Waals surface area (Å²) in [7, 11) is 2.00. The van der Waals surface area contributed by atoms with Crippen LogP contribution in [0.4, 0.5) is 0 Å². The van der Waals surface area contributed by atoms with E-state index < -0.39 is 0 Å². The molecule has 3 heteroatoms. The van der Waals surface area contributed by atoms with Crippen LogP contribution in [0.1, 0.15) is 30.2 Å². The van der Waals surface area contributed by atoms with Gasteiger partial charge in [0.15, 0.2) is 0 Å². The summed E-state index contributed by atoms with van der Waals surface area (Å²) in [5.74, 6) is 0.894. The van der Waals surface area contributed by atoms with E-state index in [0.29, 0.717) is 12.6 Å². The summed E-state index contributed by atoms with van der Waals surface area (Å²) in [6.45, 7) is 4.77. The average molecular weight is 284 g/mol. The first-order valence-electron chi connectivity index (χ1n) is 7.48. The van der Waals surface area contributed by atoms with Gasteiger partial charge < -0.3 is 10.1 Å². The Balaban J connectivity index is 1.86. The molecule has 1 unspecified atom stereocenters. The minimum absolute atomic E-state index is 0.517. The van der Waals surface area contributed by atoms with Crippen molar-refractivity contribution in [2.45, 2.75) is 39.3 Å². The molecule has 3 nitrogen and oxygen atoms in total. The first-order chi connectivity index (χ1) is 10.2. The van der Waals surface area contributed by atoms with E-state index in [-0.39, 0.29) is 0 Å². The highest BCUT2D eigenvalue weighted by atomic mass is 16.5. The van der Waals surface area contributed by atoms with Crippen LogP contribution in [0.3, 0.4) is 0 Å². The zero-order valence-electron chi connectivity index (χ0n) is 13.1. The first kappa shape index (κ1) is 15.5. The monoisotopic (exact) mass is 284 g/mol. The number of aryl methyl sites for hydroxylation is 2. The van der Waals surface area contributed by atoms with Crippen LogP contribution in [0.15, 0.2) is 42.6 Å². The number of nitrogens with zero attached hydrogens (tertiary/aromatic N) is 1. The molecular weight excluding hydrogens is 260 g/mol. The molecule has 0 saturated carbocycles. The summed E-state index contributed by atoms with van der Waals surface area (Å²) < 4.78 is 5.80.